The standard InChI is InChI=1S/C21H20N4OS/c1-13-9-19-18(24-21(23)27-19)11-17(13)15-3-2-4-16(10-15)20(26)25-7-5-14(12-22)6-8-25/h2-4,9-11,14H,5-8H2,1H3,(H2,23,24). The summed E-state index contributed by atoms with van der Waals surface area (Å²) in [4.78, 5) is 19.1. The molecule has 0 unspecified atom stereocenters. The lowest BCUT2D eigenvalue weighted by Crippen LogP contribution is -2.38. The minimum absolute atomic E-state index is 0.0323. The van der Waals surface area contributed by atoms with Crippen LogP contribution in [0, 0.1) is 24.2 Å². The fraction of sp³-hybridized carbons (Fsp3) is 0.286. The van der Waals surface area contributed by atoms with Gasteiger partial charge in [-0.3, -0.25) is 4.79 Å². The van der Waals surface area contributed by atoms with Crippen LogP contribution in [0.1, 0.15) is 28.8 Å². The summed E-state index contributed by atoms with van der Waals surface area (Å²) in [5.41, 5.74) is 10.6. The van der Waals surface area contributed by atoms with Gasteiger partial charge in [-0.1, -0.05) is 23.5 Å². The third kappa shape index (κ3) is 3.38. The second-order valence-electron chi connectivity index (χ2n) is 6.96. The van der Waals surface area contributed by atoms with Crippen molar-refractivity contribution in [3.05, 3.63) is 47.5 Å². The Morgan fingerprint density at radius 3 is 2.81 bits per heavy atom. The van der Waals surface area contributed by atoms with Gasteiger partial charge in [-0.15, -0.1) is 0 Å². The van der Waals surface area contributed by atoms with Crippen LogP contribution in [0.25, 0.3) is 21.3 Å². The van der Waals surface area contributed by atoms with E-state index >= 15 is 0 Å². The molecule has 1 amide bonds. The van der Waals surface area contributed by atoms with Crippen LogP contribution >= 0.6 is 11.3 Å². The number of nitrogens with two attached hydrogens (primary N) is 1. The summed E-state index contributed by atoms with van der Waals surface area (Å²) in [5.74, 6) is 0.102. The molecule has 0 bridgehead atoms. The van der Waals surface area contributed by atoms with Crippen LogP contribution in [0.2, 0.25) is 0 Å². The third-order valence-electron chi connectivity index (χ3n) is 5.14. The van der Waals surface area contributed by atoms with E-state index < -0.39 is 0 Å². The monoisotopic (exact) mass is 376 g/mol. The predicted octanol–water partition coefficient (Wildman–Crippen LogP) is 4.23. The number of hydrogen-bond acceptors (Lipinski definition) is 5. The van der Waals surface area contributed by atoms with Crippen molar-refractivity contribution in [1.29, 1.82) is 5.26 Å². The molecule has 0 atom stereocenters. The number of fused-ring (bicyclic) bond motifs is 1. The quantitative estimate of drug-likeness (QED) is 0.725. The Kier molecular flexibility index (Phi) is 4.54. The van der Waals surface area contributed by atoms with E-state index in [1.54, 1.807) is 0 Å². The van der Waals surface area contributed by atoms with Crippen molar-refractivity contribution in [2.45, 2.75) is 19.8 Å². The van der Waals surface area contributed by atoms with E-state index in [1.807, 2.05) is 35.2 Å². The van der Waals surface area contributed by atoms with Gasteiger partial charge in [-0.2, -0.15) is 5.26 Å². The van der Waals surface area contributed by atoms with Gasteiger partial charge in [0.15, 0.2) is 5.13 Å². The number of nitrogens with zero attached hydrogens (tertiary/aromatic N) is 3. The highest BCUT2D eigenvalue weighted by Crippen LogP contribution is 2.32. The number of carbonyl (C=O) groups is 1. The first kappa shape index (κ1) is 17.5. The second kappa shape index (κ2) is 7.01. The smallest absolute Gasteiger partial charge is 0.253 e. The van der Waals surface area contributed by atoms with Gasteiger partial charge in [0.1, 0.15) is 0 Å². The minimum atomic E-state index is 0.0323. The van der Waals surface area contributed by atoms with Gasteiger partial charge < -0.3 is 10.6 Å². The number of anilines is 1. The van der Waals surface area contributed by atoms with E-state index in [2.05, 4.69) is 24.0 Å². The second-order valence-corrected chi connectivity index (χ2v) is 8.03. The number of amides is 1. The van der Waals surface area contributed by atoms with Crippen LogP contribution in [-0.2, 0) is 0 Å². The summed E-state index contributed by atoms with van der Waals surface area (Å²) in [6.07, 6.45) is 1.51. The summed E-state index contributed by atoms with van der Waals surface area (Å²) in [6.45, 7) is 3.35. The number of aryl methyl sites for hydroxylation is 1. The Hall–Kier alpha value is -2.91. The van der Waals surface area contributed by atoms with Gasteiger partial charge in [-0.25, -0.2) is 4.98 Å². The summed E-state index contributed by atoms with van der Waals surface area (Å²) in [5, 5.41) is 9.59. The molecule has 1 aliphatic rings. The van der Waals surface area contributed by atoms with Gasteiger partial charge in [0.05, 0.1) is 16.3 Å². The Bertz CT molecular complexity index is 1060. The van der Waals surface area contributed by atoms with E-state index in [1.165, 1.54) is 11.3 Å². The molecule has 0 aliphatic carbocycles. The number of likely N-dealkylation sites (tertiary alicyclic amines) is 1. The molecule has 4 rings (SSSR count). The van der Waals surface area contributed by atoms with Gasteiger partial charge in [0, 0.05) is 24.6 Å². The van der Waals surface area contributed by atoms with Crippen molar-refractivity contribution in [2.75, 3.05) is 18.8 Å². The zero-order valence-electron chi connectivity index (χ0n) is 15.1. The number of benzene rings is 2. The number of aromatic nitrogens is 1. The van der Waals surface area contributed by atoms with Crippen molar-refractivity contribution >= 4 is 32.6 Å². The molecule has 2 aromatic carbocycles. The summed E-state index contributed by atoms with van der Waals surface area (Å²) < 4.78 is 1.07. The fourth-order valence-corrected chi connectivity index (χ4v) is 4.43. The largest absolute Gasteiger partial charge is 0.375 e. The summed E-state index contributed by atoms with van der Waals surface area (Å²) in [6, 6.07) is 14.2. The van der Waals surface area contributed by atoms with Crippen LogP contribution in [0.4, 0.5) is 5.13 Å². The number of rotatable bonds is 2. The SMILES string of the molecule is Cc1cc2sc(N)nc2cc1-c1cccc(C(=O)N2CCC(C#N)CC2)c1. The first-order valence-electron chi connectivity index (χ1n) is 9.01. The predicted molar refractivity (Wildman–Crippen MR) is 108 cm³/mol. The highest BCUT2D eigenvalue weighted by Gasteiger charge is 2.23. The maximum absolute atomic E-state index is 12.9. The molecular formula is C21H20N4OS. The number of carbonyl (C=O) groups excluding carboxylic acids is 1. The fourth-order valence-electron chi connectivity index (χ4n) is 3.62. The lowest BCUT2D eigenvalue weighted by molar-refractivity contribution is 0.0707. The molecule has 2 N–H and O–H groups in total. The molecule has 2 heterocycles. The highest BCUT2D eigenvalue weighted by atomic mass is 32.1. The number of nitrogen functional groups attached to an aromatic ring is 1. The Morgan fingerprint density at radius 1 is 1.30 bits per heavy atom. The van der Waals surface area contributed by atoms with Crippen LogP contribution in [0.15, 0.2) is 36.4 Å². The highest BCUT2D eigenvalue weighted by molar-refractivity contribution is 7.22. The van der Waals surface area contributed by atoms with Crippen LogP contribution in [-0.4, -0.2) is 28.9 Å². The molecule has 1 fully saturated rings. The molecule has 27 heavy (non-hydrogen) atoms. The Balaban J connectivity index is 1.64. The van der Waals surface area contributed by atoms with Gasteiger partial charge in [0.25, 0.3) is 5.91 Å². The lowest BCUT2D eigenvalue weighted by atomic mass is 9.96. The molecule has 6 heteroatoms. The average Bonchev–Trinajstić information content (AvgIpc) is 3.05. The minimum Gasteiger partial charge on any atom is -0.375 e. The maximum Gasteiger partial charge on any atom is 0.253 e. The van der Waals surface area contributed by atoms with Crippen molar-refractivity contribution in [3.8, 4) is 17.2 Å². The molecular weight excluding hydrogens is 356 g/mol. The number of hydrogen-bond donors (Lipinski definition) is 1. The van der Waals surface area contributed by atoms with E-state index in [0.29, 0.717) is 23.8 Å². The van der Waals surface area contributed by atoms with E-state index in [0.717, 1.165) is 39.7 Å². The lowest BCUT2D eigenvalue weighted by Gasteiger charge is -2.29. The number of nitriles is 1. The van der Waals surface area contributed by atoms with Gasteiger partial charge in [-0.05, 0) is 60.7 Å². The molecule has 1 aliphatic heterocycles. The van der Waals surface area contributed by atoms with Crippen molar-refractivity contribution in [1.82, 2.24) is 9.88 Å². The maximum atomic E-state index is 12.9. The average molecular weight is 376 g/mol. The molecule has 0 saturated carbocycles. The Morgan fingerprint density at radius 2 is 2.07 bits per heavy atom. The zero-order chi connectivity index (χ0) is 19.0. The summed E-state index contributed by atoms with van der Waals surface area (Å²) in [7, 11) is 0. The first-order chi connectivity index (χ1) is 13.0. The zero-order valence-corrected chi connectivity index (χ0v) is 15.9. The summed E-state index contributed by atoms with van der Waals surface area (Å²) >= 11 is 1.48. The van der Waals surface area contributed by atoms with Crippen LogP contribution in [0.5, 0.6) is 0 Å². The Labute approximate surface area is 162 Å². The number of piperidine rings is 1. The normalized spacial score (nSPS) is 15.0. The molecule has 3 aromatic rings. The molecule has 136 valence electrons. The van der Waals surface area contributed by atoms with E-state index in [9.17, 15) is 4.79 Å². The van der Waals surface area contributed by atoms with Crippen molar-refractivity contribution in [3.63, 3.8) is 0 Å². The number of thiazole rings is 1. The molecule has 1 saturated heterocycles. The molecule has 0 radical (unpaired) electrons. The first-order valence-corrected chi connectivity index (χ1v) is 9.83. The van der Waals surface area contributed by atoms with E-state index in [-0.39, 0.29) is 11.8 Å². The molecule has 0 spiro atoms. The van der Waals surface area contributed by atoms with E-state index in [4.69, 9.17) is 11.0 Å². The van der Waals surface area contributed by atoms with Crippen LogP contribution < -0.4 is 5.73 Å². The van der Waals surface area contributed by atoms with Crippen LogP contribution in [0.3, 0.4) is 0 Å². The topological polar surface area (TPSA) is 83.0 Å². The molecule has 5 nitrogen and oxygen atoms in total. The van der Waals surface area contributed by atoms with Crippen molar-refractivity contribution in [2.24, 2.45) is 5.92 Å². The van der Waals surface area contributed by atoms with Crippen molar-refractivity contribution < 1.29 is 4.79 Å². The third-order valence-corrected chi connectivity index (χ3v) is 5.98. The van der Waals surface area contributed by atoms with Gasteiger partial charge in [0.2, 0.25) is 0 Å². The van der Waals surface area contributed by atoms with Gasteiger partial charge >= 0.3 is 0 Å². The molecule has 1 aromatic heterocycles.